The summed E-state index contributed by atoms with van der Waals surface area (Å²) in [5, 5.41) is 0. The van der Waals surface area contributed by atoms with Crippen LogP contribution in [0, 0.1) is 23.7 Å². The fourth-order valence-electron chi connectivity index (χ4n) is 2.78. The average molecular weight is 164 g/mol. The van der Waals surface area contributed by atoms with Crippen molar-refractivity contribution in [1.82, 2.24) is 0 Å². The van der Waals surface area contributed by atoms with Gasteiger partial charge in [-0.25, -0.2) is 0 Å². The Hall–Kier alpha value is -0.790. The zero-order chi connectivity index (χ0) is 8.46. The molecule has 0 spiro atoms. The third-order valence-corrected chi connectivity index (χ3v) is 3.71. The number of hydrogen-bond donors (Lipinski definition) is 0. The van der Waals surface area contributed by atoms with Crippen LogP contribution in [-0.2, 0) is 9.53 Å². The van der Waals surface area contributed by atoms with E-state index in [9.17, 15) is 4.79 Å². The summed E-state index contributed by atoms with van der Waals surface area (Å²) in [5.74, 6) is 1.75. The molecule has 2 nitrogen and oxygen atoms in total. The molecule has 5 atom stereocenters. The molecule has 0 aromatic carbocycles. The van der Waals surface area contributed by atoms with Gasteiger partial charge in [0.1, 0.15) is 6.10 Å². The predicted octanol–water partition coefficient (Wildman–Crippen LogP) is 1.37. The maximum absolute atomic E-state index is 11.3. The van der Waals surface area contributed by atoms with E-state index in [1.165, 1.54) is 5.57 Å². The first-order valence-electron chi connectivity index (χ1n) is 4.59. The summed E-state index contributed by atoms with van der Waals surface area (Å²) < 4.78 is 5.24. The van der Waals surface area contributed by atoms with E-state index in [0.717, 1.165) is 0 Å². The van der Waals surface area contributed by atoms with Gasteiger partial charge in [0, 0.05) is 11.8 Å². The Balaban J connectivity index is 2.05. The zero-order valence-electron chi connectivity index (χ0n) is 7.28. The number of rotatable bonds is 0. The highest BCUT2D eigenvalue weighted by molar-refractivity contribution is 5.79. The molecule has 12 heavy (non-hydrogen) atoms. The molecule has 0 aromatic heterocycles. The van der Waals surface area contributed by atoms with Gasteiger partial charge in [-0.3, -0.25) is 4.79 Å². The van der Waals surface area contributed by atoms with Crippen molar-refractivity contribution >= 4 is 5.97 Å². The van der Waals surface area contributed by atoms with Crippen LogP contribution in [0.25, 0.3) is 0 Å². The topological polar surface area (TPSA) is 26.3 Å². The molecular formula is C10H12O2. The van der Waals surface area contributed by atoms with Gasteiger partial charge in [-0.1, -0.05) is 18.6 Å². The molecular weight excluding hydrogens is 152 g/mol. The Morgan fingerprint density at radius 3 is 3.00 bits per heavy atom. The SMILES string of the molecule is CC1=C[C@H]2[C@H]3OC(=O)[C@H]([C@@H]23)[C@@H]1C. The number of fused-ring (bicyclic) bond motifs is 1. The largest absolute Gasteiger partial charge is 0.461 e. The van der Waals surface area contributed by atoms with Crippen molar-refractivity contribution in [2.24, 2.45) is 23.7 Å². The number of carbonyl (C=O) groups excluding carboxylic acids is 1. The molecule has 1 heterocycles. The smallest absolute Gasteiger partial charge is 0.310 e. The highest BCUT2D eigenvalue weighted by Crippen LogP contribution is 2.60. The fraction of sp³-hybridized carbons (Fsp3) is 0.700. The Kier molecular flexibility index (Phi) is 0.980. The van der Waals surface area contributed by atoms with Crippen LogP contribution < -0.4 is 0 Å². The van der Waals surface area contributed by atoms with Crippen LogP contribution in [-0.4, -0.2) is 12.1 Å². The van der Waals surface area contributed by atoms with E-state index >= 15 is 0 Å². The Labute approximate surface area is 71.6 Å². The summed E-state index contributed by atoms with van der Waals surface area (Å²) in [6.45, 7) is 4.26. The minimum absolute atomic E-state index is 0.0428. The van der Waals surface area contributed by atoms with Crippen molar-refractivity contribution in [2.75, 3.05) is 0 Å². The van der Waals surface area contributed by atoms with Crippen LogP contribution in [0.2, 0.25) is 0 Å². The van der Waals surface area contributed by atoms with E-state index in [1.807, 2.05) is 0 Å². The molecule has 3 rings (SSSR count). The second-order valence-corrected chi connectivity index (χ2v) is 4.28. The standard InChI is InChI=1S/C10H12O2/c1-4-3-6-8-7(5(4)2)10(11)12-9(6)8/h3,5-9H,1-2H3/t5-,6-,7+,8-,9-/m1/s1. The fourth-order valence-corrected chi connectivity index (χ4v) is 2.78. The third-order valence-electron chi connectivity index (χ3n) is 3.71. The number of allylic oxidation sites excluding steroid dienone is 1. The van der Waals surface area contributed by atoms with Gasteiger partial charge < -0.3 is 4.74 Å². The molecule has 2 heteroatoms. The Morgan fingerprint density at radius 2 is 2.25 bits per heavy atom. The lowest BCUT2D eigenvalue weighted by atomic mass is 9.80. The van der Waals surface area contributed by atoms with Gasteiger partial charge in [-0.05, 0) is 12.8 Å². The van der Waals surface area contributed by atoms with Gasteiger partial charge in [-0.15, -0.1) is 0 Å². The van der Waals surface area contributed by atoms with Crippen molar-refractivity contribution in [3.05, 3.63) is 11.6 Å². The number of hydrogen-bond acceptors (Lipinski definition) is 2. The molecule has 2 fully saturated rings. The molecule has 0 amide bonds. The Morgan fingerprint density at radius 1 is 1.50 bits per heavy atom. The number of esters is 1. The van der Waals surface area contributed by atoms with Crippen molar-refractivity contribution in [2.45, 2.75) is 20.0 Å². The van der Waals surface area contributed by atoms with Gasteiger partial charge in [0.25, 0.3) is 0 Å². The summed E-state index contributed by atoms with van der Waals surface area (Å²) in [6, 6.07) is 0. The molecule has 0 unspecified atom stereocenters. The van der Waals surface area contributed by atoms with Gasteiger partial charge in [0.2, 0.25) is 0 Å². The normalized spacial score (nSPS) is 54.3. The van der Waals surface area contributed by atoms with E-state index in [4.69, 9.17) is 4.74 Å². The first-order valence-corrected chi connectivity index (χ1v) is 4.59. The lowest BCUT2D eigenvalue weighted by Gasteiger charge is -2.24. The van der Waals surface area contributed by atoms with E-state index in [2.05, 4.69) is 19.9 Å². The highest BCUT2D eigenvalue weighted by Gasteiger charge is 2.66. The van der Waals surface area contributed by atoms with E-state index in [0.29, 0.717) is 17.8 Å². The first-order chi connectivity index (χ1) is 5.70. The van der Waals surface area contributed by atoms with Gasteiger partial charge in [0.05, 0.1) is 5.92 Å². The third kappa shape index (κ3) is 0.563. The molecule has 1 saturated heterocycles. The van der Waals surface area contributed by atoms with Gasteiger partial charge in [0.15, 0.2) is 0 Å². The van der Waals surface area contributed by atoms with Crippen LogP contribution in [0.1, 0.15) is 13.8 Å². The number of ether oxygens (including phenoxy) is 1. The molecule has 2 aliphatic carbocycles. The molecule has 1 saturated carbocycles. The quantitative estimate of drug-likeness (QED) is 0.399. The molecule has 0 aromatic rings. The molecule has 1 aliphatic heterocycles. The van der Waals surface area contributed by atoms with Crippen molar-refractivity contribution in [3.63, 3.8) is 0 Å². The lowest BCUT2D eigenvalue weighted by Crippen LogP contribution is -2.26. The first kappa shape index (κ1) is 6.70. The molecule has 3 aliphatic rings. The van der Waals surface area contributed by atoms with Crippen LogP contribution >= 0.6 is 0 Å². The van der Waals surface area contributed by atoms with Crippen LogP contribution in [0.4, 0.5) is 0 Å². The van der Waals surface area contributed by atoms with Crippen molar-refractivity contribution in [3.8, 4) is 0 Å². The van der Waals surface area contributed by atoms with Crippen molar-refractivity contribution in [1.29, 1.82) is 0 Å². The lowest BCUT2D eigenvalue weighted by molar-refractivity contribution is -0.146. The van der Waals surface area contributed by atoms with Crippen LogP contribution in [0.3, 0.4) is 0 Å². The summed E-state index contributed by atoms with van der Waals surface area (Å²) in [5.41, 5.74) is 1.38. The molecule has 0 N–H and O–H groups in total. The number of carbonyl (C=O) groups is 1. The van der Waals surface area contributed by atoms with Crippen LogP contribution in [0.15, 0.2) is 11.6 Å². The maximum atomic E-state index is 11.3. The minimum Gasteiger partial charge on any atom is -0.461 e. The summed E-state index contributed by atoms with van der Waals surface area (Å²) in [4.78, 5) is 11.3. The van der Waals surface area contributed by atoms with Crippen LogP contribution in [0.5, 0.6) is 0 Å². The second kappa shape index (κ2) is 1.76. The minimum atomic E-state index is 0.0428. The maximum Gasteiger partial charge on any atom is 0.310 e. The summed E-state index contributed by atoms with van der Waals surface area (Å²) in [6.07, 6.45) is 2.55. The summed E-state index contributed by atoms with van der Waals surface area (Å²) in [7, 11) is 0. The molecule has 0 bridgehead atoms. The van der Waals surface area contributed by atoms with Crippen molar-refractivity contribution < 1.29 is 9.53 Å². The molecule has 64 valence electrons. The van der Waals surface area contributed by atoms with Gasteiger partial charge in [-0.2, -0.15) is 0 Å². The highest BCUT2D eigenvalue weighted by atomic mass is 16.6. The van der Waals surface area contributed by atoms with E-state index in [-0.39, 0.29) is 18.0 Å². The van der Waals surface area contributed by atoms with Gasteiger partial charge >= 0.3 is 5.97 Å². The zero-order valence-corrected chi connectivity index (χ0v) is 7.28. The monoisotopic (exact) mass is 164 g/mol. The van der Waals surface area contributed by atoms with E-state index < -0.39 is 0 Å². The molecule has 0 radical (unpaired) electrons. The average Bonchev–Trinajstić information content (AvgIpc) is 2.56. The predicted molar refractivity (Wildman–Crippen MR) is 43.3 cm³/mol. The van der Waals surface area contributed by atoms with E-state index in [1.54, 1.807) is 0 Å². The second-order valence-electron chi connectivity index (χ2n) is 4.28. The Bertz CT molecular complexity index is 292. The summed E-state index contributed by atoms with van der Waals surface area (Å²) >= 11 is 0.